The summed E-state index contributed by atoms with van der Waals surface area (Å²) in [4.78, 5) is 9.76. The number of unbranched alkanes of at least 4 members (excludes halogenated alkanes) is 1. The molecule has 0 fully saturated rings. The number of aldehydes is 1. The minimum absolute atomic E-state index is 0.513. The number of carbonyl (C=O) groups excluding carboxylic acids is 1. The second-order valence-electron chi connectivity index (χ2n) is 1.74. The molecule has 0 aliphatic heterocycles. The van der Waals surface area contributed by atoms with Crippen LogP contribution in [0.4, 0.5) is 0 Å². The van der Waals surface area contributed by atoms with Gasteiger partial charge in [-0.3, -0.25) is 0 Å². The minimum atomic E-state index is 0.513. The number of hydrogen-bond donors (Lipinski definition) is 0. The van der Waals surface area contributed by atoms with Gasteiger partial charge >= 0.3 is 0 Å². The van der Waals surface area contributed by atoms with E-state index in [0.717, 1.165) is 6.29 Å². The average Bonchev–Trinajstić information content (AvgIpc) is 1.89. The lowest BCUT2D eigenvalue weighted by atomic mass is 10.2. The molecule has 0 rings (SSSR count). The highest BCUT2D eigenvalue weighted by Gasteiger charge is 1.82. The van der Waals surface area contributed by atoms with Gasteiger partial charge in [-0.15, -0.1) is 0 Å². The molecule has 0 amide bonds. The number of nitrogens with zero attached hydrogens (tertiary/aromatic N) is 1. The zero-order valence-electron chi connectivity index (χ0n) is 5.42. The van der Waals surface area contributed by atoms with Crippen molar-refractivity contribution in [1.29, 1.82) is 5.26 Å². The first-order chi connectivity index (χ1) is 4.31. The lowest BCUT2D eigenvalue weighted by Gasteiger charge is -1.82. The lowest BCUT2D eigenvalue weighted by molar-refractivity contribution is -0.107. The van der Waals surface area contributed by atoms with Crippen molar-refractivity contribution in [3.8, 4) is 6.07 Å². The Kier molecular flexibility index (Phi) is 4.43. The van der Waals surface area contributed by atoms with E-state index in [1.54, 1.807) is 13.0 Å². The molecule has 0 saturated heterocycles. The van der Waals surface area contributed by atoms with Gasteiger partial charge < -0.3 is 4.79 Å². The third kappa shape index (κ3) is 4.76. The second kappa shape index (κ2) is 5.04. The zero-order valence-corrected chi connectivity index (χ0v) is 5.42. The molecule has 2 heteroatoms. The molecule has 0 bridgehead atoms. The van der Waals surface area contributed by atoms with Gasteiger partial charge in [0.05, 0.1) is 6.07 Å². The molecule has 0 atom stereocenters. The first kappa shape index (κ1) is 7.90. The third-order valence-corrected chi connectivity index (χ3v) is 0.911. The maximum atomic E-state index is 9.76. The quantitative estimate of drug-likeness (QED) is 0.323. The summed E-state index contributed by atoms with van der Waals surface area (Å²) in [6.07, 6.45) is 3.80. The van der Waals surface area contributed by atoms with E-state index >= 15 is 0 Å². The average molecular weight is 123 g/mol. The van der Waals surface area contributed by atoms with E-state index in [4.69, 9.17) is 5.26 Å². The van der Waals surface area contributed by atoms with Crippen molar-refractivity contribution in [2.24, 2.45) is 0 Å². The molecule has 9 heavy (non-hydrogen) atoms. The summed E-state index contributed by atoms with van der Waals surface area (Å²) in [5.74, 6) is 0. The van der Waals surface area contributed by atoms with E-state index in [1.807, 2.05) is 6.07 Å². The van der Waals surface area contributed by atoms with Gasteiger partial charge in [-0.25, -0.2) is 0 Å². The van der Waals surface area contributed by atoms with Gasteiger partial charge in [0.15, 0.2) is 0 Å². The van der Waals surface area contributed by atoms with Gasteiger partial charge in [-0.1, -0.05) is 6.08 Å². The molecule has 0 heterocycles. The molecule has 0 spiro atoms. The van der Waals surface area contributed by atoms with Crippen LogP contribution in [0.2, 0.25) is 0 Å². The molecule has 0 aliphatic carbocycles. The molecule has 0 aliphatic rings. The van der Waals surface area contributed by atoms with Crippen LogP contribution in [0, 0.1) is 11.3 Å². The SMILES string of the molecule is CC(C#N)=CCCC=O. The first-order valence-corrected chi connectivity index (χ1v) is 2.81. The van der Waals surface area contributed by atoms with Crippen LogP contribution in [-0.2, 0) is 4.79 Å². The number of nitriles is 1. The molecule has 0 saturated carbocycles. The Morgan fingerprint density at radius 2 is 2.33 bits per heavy atom. The van der Waals surface area contributed by atoms with Crippen LogP contribution in [0.15, 0.2) is 11.6 Å². The van der Waals surface area contributed by atoms with E-state index in [2.05, 4.69) is 0 Å². The molecule has 0 radical (unpaired) electrons. The molecular weight excluding hydrogens is 114 g/mol. The Bertz CT molecular complexity index is 153. The second-order valence-corrected chi connectivity index (χ2v) is 1.74. The van der Waals surface area contributed by atoms with Gasteiger partial charge in [0.2, 0.25) is 0 Å². The van der Waals surface area contributed by atoms with Gasteiger partial charge in [0, 0.05) is 12.0 Å². The van der Waals surface area contributed by atoms with Gasteiger partial charge in [0.25, 0.3) is 0 Å². The normalized spacial score (nSPS) is 10.4. The molecule has 0 aromatic heterocycles. The maximum Gasteiger partial charge on any atom is 0.120 e. The minimum Gasteiger partial charge on any atom is -0.303 e. The summed E-state index contributed by atoms with van der Waals surface area (Å²) < 4.78 is 0. The summed E-state index contributed by atoms with van der Waals surface area (Å²) in [6, 6.07) is 1.97. The van der Waals surface area contributed by atoms with Gasteiger partial charge in [-0.05, 0) is 13.3 Å². The zero-order chi connectivity index (χ0) is 7.11. The maximum absolute atomic E-state index is 9.76. The summed E-state index contributed by atoms with van der Waals surface area (Å²) >= 11 is 0. The summed E-state index contributed by atoms with van der Waals surface area (Å²) in [6.45, 7) is 1.73. The van der Waals surface area contributed by atoms with E-state index in [9.17, 15) is 4.79 Å². The van der Waals surface area contributed by atoms with E-state index in [1.165, 1.54) is 0 Å². The van der Waals surface area contributed by atoms with Gasteiger partial charge in [0.1, 0.15) is 6.29 Å². The van der Waals surface area contributed by atoms with Crippen LogP contribution in [-0.4, -0.2) is 6.29 Å². The smallest absolute Gasteiger partial charge is 0.120 e. The predicted octanol–water partition coefficient (Wildman–Crippen LogP) is 1.44. The van der Waals surface area contributed by atoms with E-state index in [-0.39, 0.29) is 0 Å². The van der Waals surface area contributed by atoms with Crippen LogP contribution in [0.1, 0.15) is 19.8 Å². The Hall–Kier alpha value is -1.10. The molecule has 2 nitrogen and oxygen atoms in total. The fraction of sp³-hybridized carbons (Fsp3) is 0.429. The first-order valence-electron chi connectivity index (χ1n) is 2.81. The monoisotopic (exact) mass is 123 g/mol. The predicted molar refractivity (Wildman–Crippen MR) is 34.7 cm³/mol. The van der Waals surface area contributed by atoms with Crippen LogP contribution in [0.5, 0.6) is 0 Å². The van der Waals surface area contributed by atoms with Crippen molar-refractivity contribution in [1.82, 2.24) is 0 Å². The Labute approximate surface area is 54.8 Å². The van der Waals surface area contributed by atoms with Crippen LogP contribution >= 0.6 is 0 Å². The Balaban J connectivity index is 3.46. The fourth-order valence-electron chi connectivity index (χ4n) is 0.414. The summed E-state index contributed by atoms with van der Waals surface area (Å²) in [5.41, 5.74) is 0.678. The fourth-order valence-corrected chi connectivity index (χ4v) is 0.414. The van der Waals surface area contributed by atoms with Crippen molar-refractivity contribution >= 4 is 6.29 Å². The Morgan fingerprint density at radius 3 is 2.78 bits per heavy atom. The molecule has 48 valence electrons. The van der Waals surface area contributed by atoms with E-state index < -0.39 is 0 Å². The van der Waals surface area contributed by atoms with Crippen molar-refractivity contribution in [3.63, 3.8) is 0 Å². The van der Waals surface area contributed by atoms with Crippen molar-refractivity contribution in [2.75, 3.05) is 0 Å². The molecule has 0 aromatic rings. The largest absolute Gasteiger partial charge is 0.303 e. The third-order valence-electron chi connectivity index (χ3n) is 0.911. The topological polar surface area (TPSA) is 40.9 Å². The number of hydrogen-bond acceptors (Lipinski definition) is 2. The van der Waals surface area contributed by atoms with E-state index in [0.29, 0.717) is 18.4 Å². The summed E-state index contributed by atoms with van der Waals surface area (Å²) in [5, 5.41) is 8.23. The molecule has 0 aromatic carbocycles. The standard InChI is InChI=1S/C7H9NO/c1-7(6-8)4-2-3-5-9/h4-5H,2-3H2,1H3. The van der Waals surface area contributed by atoms with Crippen LogP contribution in [0.3, 0.4) is 0 Å². The number of allylic oxidation sites excluding steroid dienone is 2. The number of rotatable bonds is 3. The lowest BCUT2D eigenvalue weighted by Crippen LogP contribution is -1.73. The van der Waals surface area contributed by atoms with Crippen molar-refractivity contribution in [2.45, 2.75) is 19.8 Å². The van der Waals surface area contributed by atoms with Crippen molar-refractivity contribution < 1.29 is 4.79 Å². The molecule has 0 unspecified atom stereocenters. The van der Waals surface area contributed by atoms with Crippen molar-refractivity contribution in [3.05, 3.63) is 11.6 Å². The highest BCUT2D eigenvalue weighted by molar-refractivity contribution is 5.49. The summed E-state index contributed by atoms with van der Waals surface area (Å²) in [7, 11) is 0. The van der Waals surface area contributed by atoms with Crippen LogP contribution in [0.25, 0.3) is 0 Å². The Morgan fingerprint density at radius 1 is 1.67 bits per heavy atom. The molecular formula is C7H9NO. The van der Waals surface area contributed by atoms with Gasteiger partial charge in [-0.2, -0.15) is 5.26 Å². The number of carbonyl (C=O) groups is 1. The van der Waals surface area contributed by atoms with Crippen LogP contribution < -0.4 is 0 Å². The molecule has 0 N–H and O–H groups in total. The highest BCUT2D eigenvalue weighted by atomic mass is 16.1. The highest BCUT2D eigenvalue weighted by Crippen LogP contribution is 1.93.